The molecule has 3 rings (SSSR count). The number of aryl methyl sites for hydroxylation is 2. The van der Waals surface area contributed by atoms with Gasteiger partial charge in [-0.15, -0.1) is 0 Å². The molecule has 2 aromatic rings. The van der Waals surface area contributed by atoms with Crippen LogP contribution in [0, 0.1) is 13.8 Å². The van der Waals surface area contributed by atoms with Gasteiger partial charge >= 0.3 is 0 Å². The Bertz CT molecular complexity index is 1010. The van der Waals surface area contributed by atoms with Gasteiger partial charge < -0.3 is 19.6 Å². The fourth-order valence-corrected chi connectivity index (χ4v) is 3.94. The Morgan fingerprint density at radius 2 is 1.77 bits per heavy atom. The third-order valence-corrected chi connectivity index (χ3v) is 5.61. The summed E-state index contributed by atoms with van der Waals surface area (Å²) in [5, 5.41) is 11.1. The van der Waals surface area contributed by atoms with Crippen molar-refractivity contribution in [3.63, 3.8) is 0 Å². The SMILES string of the molecule is COc1ccc(/C(O)=C2\C(=O)C(=O)N(CCCN(C)C)[C@H]2c2ccc(C)cc2)cc1C. The molecule has 0 radical (unpaired) electrons. The molecule has 0 unspecified atom stereocenters. The second-order valence-corrected chi connectivity index (χ2v) is 8.24. The van der Waals surface area contributed by atoms with Gasteiger partial charge in [-0.3, -0.25) is 9.59 Å². The quantitative estimate of drug-likeness (QED) is 0.419. The monoisotopic (exact) mass is 422 g/mol. The zero-order valence-corrected chi connectivity index (χ0v) is 18.8. The molecule has 1 amide bonds. The molecule has 1 N–H and O–H groups in total. The number of hydrogen-bond acceptors (Lipinski definition) is 5. The summed E-state index contributed by atoms with van der Waals surface area (Å²) in [6.07, 6.45) is 0.726. The van der Waals surface area contributed by atoms with Crippen molar-refractivity contribution in [2.24, 2.45) is 0 Å². The minimum absolute atomic E-state index is 0.128. The van der Waals surface area contributed by atoms with E-state index >= 15 is 0 Å². The number of methoxy groups -OCH3 is 1. The molecule has 164 valence electrons. The second-order valence-electron chi connectivity index (χ2n) is 8.24. The van der Waals surface area contributed by atoms with E-state index in [-0.39, 0.29) is 11.3 Å². The summed E-state index contributed by atoms with van der Waals surface area (Å²) >= 11 is 0. The van der Waals surface area contributed by atoms with Crippen molar-refractivity contribution in [2.45, 2.75) is 26.3 Å². The highest BCUT2D eigenvalue weighted by atomic mass is 16.5. The number of amides is 1. The van der Waals surface area contributed by atoms with Crippen LogP contribution in [0.2, 0.25) is 0 Å². The lowest BCUT2D eigenvalue weighted by Crippen LogP contribution is -2.32. The normalized spacial score (nSPS) is 18.1. The molecule has 0 spiro atoms. The summed E-state index contributed by atoms with van der Waals surface area (Å²) in [6, 6.07) is 12.3. The number of aliphatic hydroxyl groups excluding tert-OH is 1. The Kier molecular flexibility index (Phi) is 6.81. The highest BCUT2D eigenvalue weighted by Gasteiger charge is 2.45. The molecule has 1 heterocycles. The lowest BCUT2D eigenvalue weighted by molar-refractivity contribution is -0.139. The van der Waals surface area contributed by atoms with Gasteiger partial charge in [0.25, 0.3) is 11.7 Å². The van der Waals surface area contributed by atoms with Crippen molar-refractivity contribution in [1.29, 1.82) is 0 Å². The molecule has 1 aliphatic rings. The van der Waals surface area contributed by atoms with E-state index in [4.69, 9.17) is 4.74 Å². The first-order valence-electron chi connectivity index (χ1n) is 10.4. The maximum Gasteiger partial charge on any atom is 0.295 e. The van der Waals surface area contributed by atoms with E-state index in [0.29, 0.717) is 17.9 Å². The maximum atomic E-state index is 13.0. The van der Waals surface area contributed by atoms with E-state index in [1.807, 2.05) is 57.1 Å². The number of ether oxygens (including phenoxy) is 1. The van der Waals surface area contributed by atoms with Crippen LogP contribution in [0.3, 0.4) is 0 Å². The van der Waals surface area contributed by atoms with Crippen LogP contribution in [0.15, 0.2) is 48.0 Å². The van der Waals surface area contributed by atoms with Crippen molar-refractivity contribution in [3.05, 3.63) is 70.3 Å². The number of nitrogens with zero attached hydrogens (tertiary/aromatic N) is 2. The molecule has 0 aliphatic carbocycles. The van der Waals surface area contributed by atoms with Crippen molar-refractivity contribution >= 4 is 17.4 Å². The summed E-state index contributed by atoms with van der Waals surface area (Å²) in [7, 11) is 5.52. The molecule has 31 heavy (non-hydrogen) atoms. The number of rotatable bonds is 7. The third-order valence-electron chi connectivity index (χ3n) is 5.61. The van der Waals surface area contributed by atoms with E-state index in [9.17, 15) is 14.7 Å². The van der Waals surface area contributed by atoms with Crippen LogP contribution in [-0.4, -0.2) is 60.9 Å². The molecule has 0 bridgehead atoms. The zero-order chi connectivity index (χ0) is 22.7. The predicted octanol–water partition coefficient (Wildman–Crippen LogP) is 3.69. The van der Waals surface area contributed by atoms with Crippen LogP contribution in [0.1, 0.15) is 34.7 Å². The molecule has 1 saturated heterocycles. The summed E-state index contributed by atoms with van der Waals surface area (Å²) < 4.78 is 5.29. The Labute approximate surface area is 183 Å². The standard InChI is InChI=1S/C25H30N2O4/c1-16-7-9-18(10-8-16)22-21(23(28)19-11-12-20(31-5)17(2)15-19)24(29)25(30)27(22)14-6-13-26(3)4/h7-12,15,22,28H,6,13-14H2,1-5H3/b23-21+/t22-/m0/s1. The zero-order valence-electron chi connectivity index (χ0n) is 18.8. The molecule has 0 aromatic heterocycles. The van der Waals surface area contributed by atoms with Crippen molar-refractivity contribution < 1.29 is 19.4 Å². The van der Waals surface area contributed by atoms with Crippen LogP contribution in [0.4, 0.5) is 0 Å². The summed E-state index contributed by atoms with van der Waals surface area (Å²) in [5.74, 6) is -0.696. The van der Waals surface area contributed by atoms with Gasteiger partial charge in [0.2, 0.25) is 0 Å². The van der Waals surface area contributed by atoms with E-state index in [0.717, 1.165) is 29.7 Å². The fourth-order valence-electron chi connectivity index (χ4n) is 3.94. The molecular weight excluding hydrogens is 392 g/mol. The minimum atomic E-state index is -0.651. The van der Waals surface area contributed by atoms with Gasteiger partial charge in [0.1, 0.15) is 11.5 Å². The summed E-state index contributed by atoms with van der Waals surface area (Å²) in [5.41, 5.74) is 3.34. The summed E-state index contributed by atoms with van der Waals surface area (Å²) in [4.78, 5) is 29.6. The van der Waals surface area contributed by atoms with Crippen LogP contribution in [0.5, 0.6) is 5.75 Å². The number of benzene rings is 2. The van der Waals surface area contributed by atoms with E-state index < -0.39 is 17.7 Å². The lowest BCUT2D eigenvalue weighted by Gasteiger charge is -2.26. The smallest absolute Gasteiger partial charge is 0.295 e. The van der Waals surface area contributed by atoms with Crippen LogP contribution in [0.25, 0.3) is 5.76 Å². The highest BCUT2D eigenvalue weighted by molar-refractivity contribution is 6.46. The first-order valence-corrected chi connectivity index (χ1v) is 10.4. The average Bonchev–Trinajstić information content (AvgIpc) is 2.98. The van der Waals surface area contributed by atoms with Gasteiger partial charge in [-0.2, -0.15) is 0 Å². The van der Waals surface area contributed by atoms with Crippen molar-refractivity contribution in [3.8, 4) is 5.75 Å². The molecule has 1 fully saturated rings. The van der Waals surface area contributed by atoms with E-state index in [1.54, 1.807) is 30.2 Å². The van der Waals surface area contributed by atoms with Gasteiger partial charge in [-0.1, -0.05) is 29.8 Å². The highest BCUT2D eigenvalue weighted by Crippen LogP contribution is 2.40. The van der Waals surface area contributed by atoms with Crippen LogP contribution in [-0.2, 0) is 9.59 Å². The first-order chi connectivity index (χ1) is 14.7. The Morgan fingerprint density at radius 3 is 2.35 bits per heavy atom. The first kappa shape index (κ1) is 22.6. The molecular formula is C25H30N2O4. The molecule has 6 heteroatoms. The average molecular weight is 423 g/mol. The van der Waals surface area contributed by atoms with E-state index in [1.165, 1.54) is 0 Å². The maximum absolute atomic E-state index is 13.0. The lowest BCUT2D eigenvalue weighted by atomic mass is 9.94. The van der Waals surface area contributed by atoms with Gasteiger partial charge in [0.05, 0.1) is 18.7 Å². The Morgan fingerprint density at radius 1 is 1.10 bits per heavy atom. The van der Waals surface area contributed by atoms with Crippen LogP contribution >= 0.6 is 0 Å². The number of carbonyl (C=O) groups is 2. The van der Waals surface area contributed by atoms with Gasteiger partial charge in [-0.05, 0) is 70.2 Å². The molecule has 1 aliphatic heterocycles. The van der Waals surface area contributed by atoms with Crippen molar-refractivity contribution in [1.82, 2.24) is 9.80 Å². The van der Waals surface area contributed by atoms with Crippen LogP contribution < -0.4 is 4.74 Å². The fraction of sp³-hybridized carbons (Fsp3) is 0.360. The minimum Gasteiger partial charge on any atom is -0.507 e. The van der Waals surface area contributed by atoms with Gasteiger partial charge in [0, 0.05) is 12.1 Å². The number of carbonyl (C=O) groups excluding carboxylic acids is 2. The van der Waals surface area contributed by atoms with Crippen molar-refractivity contribution in [2.75, 3.05) is 34.3 Å². The Balaban J connectivity index is 2.10. The number of aliphatic hydroxyl groups is 1. The van der Waals surface area contributed by atoms with E-state index in [2.05, 4.69) is 0 Å². The number of hydrogen-bond donors (Lipinski definition) is 1. The number of likely N-dealkylation sites (tertiary alicyclic amines) is 1. The third kappa shape index (κ3) is 4.64. The largest absolute Gasteiger partial charge is 0.507 e. The van der Waals surface area contributed by atoms with Gasteiger partial charge in [-0.25, -0.2) is 0 Å². The number of Topliss-reactive ketones (excluding diaryl/α,β-unsaturated/α-hetero) is 1. The molecule has 2 aromatic carbocycles. The molecule has 0 saturated carbocycles. The second kappa shape index (κ2) is 9.35. The van der Waals surface area contributed by atoms with Gasteiger partial charge in [0.15, 0.2) is 0 Å². The Hall–Kier alpha value is -3.12. The summed E-state index contributed by atoms with van der Waals surface area (Å²) in [6.45, 7) is 5.08. The number of ketones is 1. The topological polar surface area (TPSA) is 70.1 Å². The molecule has 6 nitrogen and oxygen atoms in total. The molecule has 1 atom stereocenters. The predicted molar refractivity (Wildman–Crippen MR) is 121 cm³/mol.